The normalized spacial score (nSPS) is 11.6. The van der Waals surface area contributed by atoms with Crippen LogP contribution in [0.4, 0.5) is 5.69 Å². The van der Waals surface area contributed by atoms with Crippen molar-refractivity contribution in [1.82, 2.24) is 4.98 Å². The summed E-state index contributed by atoms with van der Waals surface area (Å²) in [4.78, 5) is 4.48. The third kappa shape index (κ3) is 3.81. The Morgan fingerprint density at radius 3 is 2.48 bits per heavy atom. The van der Waals surface area contributed by atoms with Gasteiger partial charge in [-0.25, -0.2) is 13.4 Å². The molecule has 0 amide bonds. The second kappa shape index (κ2) is 6.55. The first-order valence-corrected chi connectivity index (χ1v) is 9.20. The van der Waals surface area contributed by atoms with Gasteiger partial charge >= 0.3 is 0 Å². The lowest BCUT2D eigenvalue weighted by Crippen LogP contribution is -2.29. The van der Waals surface area contributed by atoms with Crippen LogP contribution in [0.5, 0.6) is 0 Å². The number of ether oxygens (including phenoxy) is 1. The SMILES string of the molecule is CCN(c1ccc(-c2csc(COC)n2)cc1)S(C)(=O)=O. The molecule has 0 aliphatic rings. The van der Waals surface area contributed by atoms with Crippen LogP contribution in [0, 0.1) is 0 Å². The summed E-state index contributed by atoms with van der Waals surface area (Å²) in [5, 5.41) is 2.89. The highest BCUT2D eigenvalue weighted by Gasteiger charge is 2.15. The van der Waals surface area contributed by atoms with E-state index in [2.05, 4.69) is 4.98 Å². The lowest BCUT2D eigenvalue weighted by Gasteiger charge is -2.20. The number of hydrogen-bond donors (Lipinski definition) is 0. The Kier molecular flexibility index (Phi) is 4.97. The number of aromatic nitrogens is 1. The van der Waals surface area contributed by atoms with Gasteiger partial charge in [0.2, 0.25) is 10.0 Å². The Morgan fingerprint density at radius 2 is 1.95 bits per heavy atom. The van der Waals surface area contributed by atoms with Gasteiger partial charge in [-0.15, -0.1) is 11.3 Å². The van der Waals surface area contributed by atoms with Crippen molar-refractivity contribution in [3.05, 3.63) is 34.7 Å². The number of nitrogens with zero attached hydrogens (tertiary/aromatic N) is 2. The average molecular weight is 326 g/mol. The van der Waals surface area contributed by atoms with E-state index in [0.29, 0.717) is 18.8 Å². The summed E-state index contributed by atoms with van der Waals surface area (Å²) in [7, 11) is -1.61. The molecule has 21 heavy (non-hydrogen) atoms. The van der Waals surface area contributed by atoms with Gasteiger partial charge in [0.1, 0.15) is 5.01 Å². The van der Waals surface area contributed by atoms with E-state index in [1.54, 1.807) is 30.6 Å². The topological polar surface area (TPSA) is 59.5 Å². The zero-order valence-electron chi connectivity index (χ0n) is 12.2. The molecular weight excluding hydrogens is 308 g/mol. The van der Waals surface area contributed by atoms with E-state index in [0.717, 1.165) is 16.3 Å². The molecule has 0 unspecified atom stereocenters. The first-order valence-electron chi connectivity index (χ1n) is 6.47. The average Bonchev–Trinajstić information content (AvgIpc) is 2.88. The largest absolute Gasteiger partial charge is 0.378 e. The fraction of sp³-hybridized carbons (Fsp3) is 0.357. The van der Waals surface area contributed by atoms with E-state index in [1.807, 2.05) is 24.4 Å². The van der Waals surface area contributed by atoms with E-state index in [4.69, 9.17) is 4.74 Å². The second-order valence-corrected chi connectivity index (χ2v) is 7.38. The van der Waals surface area contributed by atoms with Crippen LogP contribution in [-0.4, -0.2) is 33.3 Å². The molecule has 1 aromatic heterocycles. The molecule has 114 valence electrons. The molecule has 0 N–H and O–H groups in total. The van der Waals surface area contributed by atoms with Crippen molar-refractivity contribution in [3.8, 4) is 11.3 Å². The Hall–Kier alpha value is -1.44. The van der Waals surface area contributed by atoms with Gasteiger partial charge in [-0.1, -0.05) is 12.1 Å². The van der Waals surface area contributed by atoms with Crippen molar-refractivity contribution >= 4 is 27.0 Å². The van der Waals surface area contributed by atoms with E-state index >= 15 is 0 Å². The fourth-order valence-corrected chi connectivity index (χ4v) is 3.79. The summed E-state index contributed by atoms with van der Waals surface area (Å²) in [6, 6.07) is 7.37. The molecule has 0 aliphatic carbocycles. The van der Waals surface area contributed by atoms with E-state index in [9.17, 15) is 8.42 Å². The lowest BCUT2D eigenvalue weighted by molar-refractivity contribution is 0.184. The molecule has 0 aliphatic heterocycles. The Bertz CT molecular complexity index is 693. The van der Waals surface area contributed by atoms with Gasteiger partial charge in [0.05, 0.1) is 24.2 Å². The zero-order valence-corrected chi connectivity index (χ0v) is 13.9. The van der Waals surface area contributed by atoms with Gasteiger partial charge in [-0.05, 0) is 19.1 Å². The van der Waals surface area contributed by atoms with Crippen LogP contribution in [0.15, 0.2) is 29.6 Å². The molecule has 0 saturated heterocycles. The van der Waals surface area contributed by atoms with Gasteiger partial charge in [0.25, 0.3) is 0 Å². The summed E-state index contributed by atoms with van der Waals surface area (Å²) in [5.41, 5.74) is 2.50. The maximum atomic E-state index is 11.7. The third-order valence-electron chi connectivity index (χ3n) is 2.96. The summed E-state index contributed by atoms with van der Waals surface area (Å²) >= 11 is 1.55. The highest BCUT2D eigenvalue weighted by molar-refractivity contribution is 7.92. The summed E-state index contributed by atoms with van der Waals surface area (Å²) in [6.07, 6.45) is 1.21. The number of rotatable bonds is 6. The van der Waals surface area contributed by atoms with Crippen LogP contribution < -0.4 is 4.31 Å². The number of anilines is 1. The monoisotopic (exact) mass is 326 g/mol. The van der Waals surface area contributed by atoms with Gasteiger partial charge in [-0.2, -0.15) is 0 Å². The van der Waals surface area contributed by atoms with Gasteiger partial charge < -0.3 is 4.74 Å². The predicted molar refractivity (Wildman–Crippen MR) is 86.1 cm³/mol. The predicted octanol–water partition coefficient (Wildman–Crippen LogP) is 2.74. The van der Waals surface area contributed by atoms with Gasteiger partial charge in [0.15, 0.2) is 0 Å². The van der Waals surface area contributed by atoms with E-state index < -0.39 is 10.0 Å². The molecule has 1 heterocycles. The minimum absolute atomic E-state index is 0.410. The van der Waals surface area contributed by atoms with Crippen molar-refractivity contribution in [2.75, 3.05) is 24.2 Å². The Labute approximate surface area is 129 Å². The van der Waals surface area contributed by atoms with Crippen LogP contribution in [0.3, 0.4) is 0 Å². The Balaban J connectivity index is 2.25. The number of sulfonamides is 1. The van der Waals surface area contributed by atoms with Crippen LogP contribution in [0.25, 0.3) is 11.3 Å². The molecule has 2 rings (SSSR count). The standard InChI is InChI=1S/C14H18N2O3S2/c1-4-16(21(3,17)18)12-7-5-11(6-8-12)13-10-20-14(15-13)9-19-2/h5-8,10H,4,9H2,1-3H3. The van der Waals surface area contributed by atoms with Gasteiger partial charge in [-0.3, -0.25) is 4.31 Å². The molecule has 1 aromatic carbocycles. The number of hydrogen-bond acceptors (Lipinski definition) is 5. The molecule has 0 fully saturated rings. The third-order valence-corrected chi connectivity index (χ3v) is 5.05. The molecule has 2 aromatic rings. The first-order chi connectivity index (χ1) is 9.95. The number of methoxy groups -OCH3 is 1. The molecular formula is C14H18N2O3S2. The highest BCUT2D eigenvalue weighted by atomic mass is 32.2. The molecule has 5 nitrogen and oxygen atoms in total. The molecule has 0 spiro atoms. The van der Waals surface area contributed by atoms with Crippen molar-refractivity contribution < 1.29 is 13.2 Å². The van der Waals surface area contributed by atoms with E-state index in [1.165, 1.54) is 10.6 Å². The van der Waals surface area contributed by atoms with Crippen LogP contribution in [-0.2, 0) is 21.4 Å². The highest BCUT2D eigenvalue weighted by Crippen LogP contribution is 2.25. The quantitative estimate of drug-likeness (QED) is 0.819. The molecule has 0 radical (unpaired) electrons. The lowest BCUT2D eigenvalue weighted by atomic mass is 10.1. The fourth-order valence-electron chi connectivity index (χ4n) is 2.04. The second-order valence-electron chi connectivity index (χ2n) is 4.53. The number of thiazole rings is 1. The summed E-state index contributed by atoms with van der Waals surface area (Å²) < 4.78 is 29.8. The van der Waals surface area contributed by atoms with Crippen molar-refractivity contribution in [2.24, 2.45) is 0 Å². The number of benzene rings is 1. The maximum Gasteiger partial charge on any atom is 0.232 e. The summed E-state index contributed by atoms with van der Waals surface area (Å²) in [5.74, 6) is 0. The molecule has 0 bridgehead atoms. The Morgan fingerprint density at radius 1 is 1.29 bits per heavy atom. The smallest absolute Gasteiger partial charge is 0.232 e. The first kappa shape index (κ1) is 15.9. The van der Waals surface area contributed by atoms with Crippen LogP contribution in [0.2, 0.25) is 0 Å². The van der Waals surface area contributed by atoms with Crippen LogP contribution in [0.1, 0.15) is 11.9 Å². The minimum atomic E-state index is -3.25. The van der Waals surface area contributed by atoms with Gasteiger partial charge in [0, 0.05) is 24.6 Å². The zero-order chi connectivity index (χ0) is 15.5. The van der Waals surface area contributed by atoms with Crippen LogP contribution >= 0.6 is 11.3 Å². The van der Waals surface area contributed by atoms with E-state index in [-0.39, 0.29) is 0 Å². The summed E-state index contributed by atoms with van der Waals surface area (Å²) in [6.45, 7) is 2.72. The van der Waals surface area contributed by atoms with Crippen molar-refractivity contribution in [2.45, 2.75) is 13.5 Å². The molecule has 7 heteroatoms. The molecule has 0 saturated carbocycles. The molecule has 0 atom stereocenters. The van der Waals surface area contributed by atoms with Crippen molar-refractivity contribution in [1.29, 1.82) is 0 Å². The maximum absolute atomic E-state index is 11.7. The van der Waals surface area contributed by atoms with Crippen molar-refractivity contribution in [3.63, 3.8) is 0 Å². The minimum Gasteiger partial charge on any atom is -0.378 e.